The number of aryl methyl sites for hydroxylation is 3. The monoisotopic (exact) mass is 274 g/mol. The number of nitro groups is 1. The quantitative estimate of drug-likeness (QED) is 0.671. The van der Waals surface area contributed by atoms with Crippen LogP contribution in [0, 0.1) is 24.0 Å². The van der Waals surface area contributed by atoms with Gasteiger partial charge in [-0.15, -0.1) is 0 Å². The lowest BCUT2D eigenvalue weighted by molar-refractivity contribution is -0.384. The van der Waals surface area contributed by atoms with Gasteiger partial charge in [-0.2, -0.15) is 5.10 Å². The molecule has 2 rings (SSSR count). The lowest BCUT2D eigenvalue weighted by atomic mass is 10.1. The van der Waals surface area contributed by atoms with E-state index in [4.69, 9.17) is 0 Å². The van der Waals surface area contributed by atoms with Gasteiger partial charge in [-0.05, 0) is 44.0 Å². The van der Waals surface area contributed by atoms with E-state index in [1.54, 1.807) is 12.3 Å². The fourth-order valence-corrected chi connectivity index (χ4v) is 2.07. The van der Waals surface area contributed by atoms with E-state index in [-0.39, 0.29) is 10.6 Å². The Bertz CT molecular complexity index is 634. The molecule has 0 aliphatic carbocycles. The standard InChI is InChI=1S/C14H18N4O2/c1-4-17-12(5-6-16-17)9-15-13-7-10(2)11(3)8-14(13)18(19)20/h5-8,15H,4,9H2,1-3H3. The van der Waals surface area contributed by atoms with Crippen LogP contribution >= 0.6 is 0 Å². The molecule has 0 aliphatic rings. The lowest BCUT2D eigenvalue weighted by Crippen LogP contribution is -2.09. The van der Waals surface area contributed by atoms with Crippen molar-refractivity contribution < 1.29 is 4.92 Å². The molecule has 20 heavy (non-hydrogen) atoms. The number of rotatable bonds is 5. The maximum atomic E-state index is 11.1. The first-order valence-electron chi connectivity index (χ1n) is 6.53. The first kappa shape index (κ1) is 14.0. The zero-order chi connectivity index (χ0) is 14.7. The van der Waals surface area contributed by atoms with Crippen LogP contribution < -0.4 is 5.32 Å². The van der Waals surface area contributed by atoms with E-state index < -0.39 is 0 Å². The number of nitro benzene ring substituents is 1. The molecule has 0 radical (unpaired) electrons. The number of benzene rings is 1. The number of aromatic nitrogens is 2. The van der Waals surface area contributed by atoms with Crippen LogP contribution in [-0.2, 0) is 13.1 Å². The Kier molecular flexibility index (Phi) is 4.02. The van der Waals surface area contributed by atoms with Gasteiger partial charge in [0.1, 0.15) is 5.69 Å². The van der Waals surface area contributed by atoms with Gasteiger partial charge in [0.05, 0.1) is 17.2 Å². The highest BCUT2D eigenvalue weighted by Crippen LogP contribution is 2.28. The van der Waals surface area contributed by atoms with Crippen LogP contribution in [-0.4, -0.2) is 14.7 Å². The van der Waals surface area contributed by atoms with Gasteiger partial charge < -0.3 is 5.32 Å². The molecule has 0 spiro atoms. The van der Waals surface area contributed by atoms with Crippen molar-refractivity contribution in [2.24, 2.45) is 0 Å². The van der Waals surface area contributed by atoms with Gasteiger partial charge in [-0.3, -0.25) is 14.8 Å². The van der Waals surface area contributed by atoms with E-state index in [2.05, 4.69) is 10.4 Å². The van der Waals surface area contributed by atoms with Crippen LogP contribution in [0.3, 0.4) is 0 Å². The summed E-state index contributed by atoms with van der Waals surface area (Å²) >= 11 is 0. The third kappa shape index (κ3) is 2.79. The van der Waals surface area contributed by atoms with Crippen molar-refractivity contribution in [1.29, 1.82) is 0 Å². The van der Waals surface area contributed by atoms with Gasteiger partial charge in [-0.25, -0.2) is 0 Å². The Morgan fingerprint density at radius 2 is 2.05 bits per heavy atom. The second kappa shape index (κ2) is 5.73. The van der Waals surface area contributed by atoms with E-state index in [0.29, 0.717) is 12.2 Å². The molecule has 0 saturated heterocycles. The van der Waals surface area contributed by atoms with E-state index in [1.165, 1.54) is 0 Å². The largest absolute Gasteiger partial charge is 0.374 e. The van der Waals surface area contributed by atoms with Gasteiger partial charge in [-0.1, -0.05) is 0 Å². The summed E-state index contributed by atoms with van der Waals surface area (Å²) < 4.78 is 1.86. The Labute approximate surface area is 117 Å². The maximum absolute atomic E-state index is 11.1. The highest BCUT2D eigenvalue weighted by atomic mass is 16.6. The van der Waals surface area contributed by atoms with Crippen LogP contribution in [0.4, 0.5) is 11.4 Å². The Hall–Kier alpha value is -2.37. The van der Waals surface area contributed by atoms with Crippen molar-refractivity contribution >= 4 is 11.4 Å². The minimum atomic E-state index is -0.355. The molecule has 1 aromatic carbocycles. The Balaban J connectivity index is 2.25. The molecule has 2 aromatic rings. The van der Waals surface area contributed by atoms with E-state index >= 15 is 0 Å². The summed E-state index contributed by atoms with van der Waals surface area (Å²) in [6, 6.07) is 5.33. The summed E-state index contributed by atoms with van der Waals surface area (Å²) in [6.45, 7) is 7.12. The average Bonchev–Trinajstić information content (AvgIpc) is 2.86. The van der Waals surface area contributed by atoms with Crippen molar-refractivity contribution in [3.05, 3.63) is 51.3 Å². The van der Waals surface area contributed by atoms with Gasteiger partial charge in [0, 0.05) is 18.8 Å². The topological polar surface area (TPSA) is 73.0 Å². The fourth-order valence-electron chi connectivity index (χ4n) is 2.07. The number of hydrogen-bond donors (Lipinski definition) is 1. The summed E-state index contributed by atoms with van der Waals surface area (Å²) in [4.78, 5) is 10.8. The molecule has 1 aromatic heterocycles. The SMILES string of the molecule is CCn1nccc1CNc1cc(C)c(C)cc1[N+](=O)[O-]. The molecule has 0 aliphatic heterocycles. The lowest BCUT2D eigenvalue weighted by Gasteiger charge is -2.10. The van der Waals surface area contributed by atoms with Gasteiger partial charge in [0.2, 0.25) is 0 Å². The number of hydrogen-bond acceptors (Lipinski definition) is 4. The third-order valence-electron chi connectivity index (χ3n) is 3.37. The normalized spacial score (nSPS) is 10.6. The molecule has 6 heteroatoms. The molecular weight excluding hydrogens is 256 g/mol. The molecule has 0 fully saturated rings. The second-order valence-electron chi connectivity index (χ2n) is 4.70. The molecule has 106 valence electrons. The smallest absolute Gasteiger partial charge is 0.292 e. The van der Waals surface area contributed by atoms with Crippen molar-refractivity contribution in [2.75, 3.05) is 5.32 Å². The van der Waals surface area contributed by atoms with Crippen molar-refractivity contribution in [1.82, 2.24) is 9.78 Å². The minimum absolute atomic E-state index is 0.107. The van der Waals surface area contributed by atoms with Gasteiger partial charge in [0.25, 0.3) is 5.69 Å². The molecule has 1 heterocycles. The van der Waals surface area contributed by atoms with Crippen molar-refractivity contribution in [3.63, 3.8) is 0 Å². The zero-order valence-corrected chi connectivity index (χ0v) is 11.9. The van der Waals surface area contributed by atoms with Crippen molar-refractivity contribution in [3.8, 4) is 0 Å². The number of anilines is 1. The van der Waals surface area contributed by atoms with Gasteiger partial charge in [0.15, 0.2) is 0 Å². The molecule has 0 bridgehead atoms. The summed E-state index contributed by atoms with van der Waals surface area (Å²) in [6.07, 6.45) is 1.73. The first-order chi connectivity index (χ1) is 9.52. The van der Waals surface area contributed by atoms with Crippen LogP contribution in [0.2, 0.25) is 0 Å². The van der Waals surface area contributed by atoms with E-state index in [0.717, 1.165) is 23.4 Å². The summed E-state index contributed by atoms with van der Waals surface area (Å²) in [5, 5.41) is 18.4. The summed E-state index contributed by atoms with van der Waals surface area (Å²) in [7, 11) is 0. The molecule has 0 unspecified atom stereocenters. The Morgan fingerprint density at radius 3 is 2.70 bits per heavy atom. The number of nitrogens with one attached hydrogen (secondary N) is 1. The average molecular weight is 274 g/mol. The highest BCUT2D eigenvalue weighted by Gasteiger charge is 2.15. The molecule has 0 amide bonds. The fraction of sp³-hybridized carbons (Fsp3) is 0.357. The van der Waals surface area contributed by atoms with Gasteiger partial charge >= 0.3 is 0 Å². The van der Waals surface area contributed by atoms with Crippen molar-refractivity contribution in [2.45, 2.75) is 33.9 Å². The second-order valence-corrected chi connectivity index (χ2v) is 4.70. The molecule has 6 nitrogen and oxygen atoms in total. The molecule has 0 saturated carbocycles. The minimum Gasteiger partial charge on any atom is -0.374 e. The molecule has 1 N–H and O–H groups in total. The highest BCUT2D eigenvalue weighted by molar-refractivity contribution is 5.64. The first-order valence-corrected chi connectivity index (χ1v) is 6.53. The third-order valence-corrected chi connectivity index (χ3v) is 3.37. The predicted octanol–water partition coefficient (Wildman–Crippen LogP) is 3.04. The molecular formula is C14H18N4O2. The van der Waals surface area contributed by atoms with Crippen LogP contribution in [0.5, 0.6) is 0 Å². The predicted molar refractivity (Wildman–Crippen MR) is 77.8 cm³/mol. The van der Waals surface area contributed by atoms with E-state index in [1.807, 2.05) is 37.6 Å². The van der Waals surface area contributed by atoms with Crippen LogP contribution in [0.25, 0.3) is 0 Å². The number of nitrogens with zero attached hydrogens (tertiary/aromatic N) is 3. The van der Waals surface area contributed by atoms with Crippen LogP contribution in [0.1, 0.15) is 23.7 Å². The summed E-state index contributed by atoms with van der Waals surface area (Å²) in [5.74, 6) is 0. The van der Waals surface area contributed by atoms with E-state index in [9.17, 15) is 10.1 Å². The Morgan fingerprint density at radius 1 is 1.35 bits per heavy atom. The molecule has 0 atom stereocenters. The maximum Gasteiger partial charge on any atom is 0.292 e. The van der Waals surface area contributed by atoms with Crippen LogP contribution in [0.15, 0.2) is 24.4 Å². The summed E-state index contributed by atoms with van der Waals surface area (Å²) in [5.41, 5.74) is 3.60. The zero-order valence-electron chi connectivity index (χ0n) is 11.9.